The molecule has 0 aliphatic heterocycles. The molecule has 0 fully saturated rings. The lowest BCUT2D eigenvalue weighted by Crippen LogP contribution is -2.15. The molecule has 2 aromatic carbocycles. The molecule has 1 amide bonds. The molecule has 0 saturated heterocycles. The fourth-order valence-corrected chi connectivity index (χ4v) is 4.25. The Balaban J connectivity index is 1.47. The monoisotopic (exact) mass is 476 g/mol. The van der Waals surface area contributed by atoms with Crippen LogP contribution in [0.2, 0.25) is 0 Å². The van der Waals surface area contributed by atoms with Crippen molar-refractivity contribution in [1.29, 1.82) is 0 Å². The molecule has 0 saturated carbocycles. The number of nitrogens with one attached hydrogen (secondary N) is 1. The average Bonchev–Trinajstić information content (AvgIpc) is 3.53. The van der Waals surface area contributed by atoms with Crippen molar-refractivity contribution in [2.24, 2.45) is 0 Å². The highest BCUT2D eigenvalue weighted by atomic mass is 32.2. The van der Waals surface area contributed by atoms with Gasteiger partial charge in [-0.05, 0) is 66.4 Å². The zero-order chi connectivity index (χ0) is 23.9. The number of furan rings is 1. The van der Waals surface area contributed by atoms with Crippen LogP contribution in [0.3, 0.4) is 0 Å². The first-order valence-corrected chi connectivity index (χ1v) is 12.2. The van der Waals surface area contributed by atoms with Gasteiger partial charge in [0.1, 0.15) is 11.5 Å². The molecule has 8 heteroatoms. The van der Waals surface area contributed by atoms with E-state index in [1.165, 1.54) is 17.3 Å². The number of carbonyl (C=O) groups is 1. The molecule has 0 aliphatic rings. The van der Waals surface area contributed by atoms with E-state index < -0.39 is 0 Å². The van der Waals surface area contributed by atoms with Crippen molar-refractivity contribution >= 4 is 23.4 Å². The number of anilines is 1. The lowest BCUT2D eigenvalue weighted by molar-refractivity contribution is -0.113. The highest BCUT2D eigenvalue weighted by molar-refractivity contribution is 7.99. The van der Waals surface area contributed by atoms with Crippen molar-refractivity contribution in [3.8, 4) is 17.1 Å². The average molecular weight is 477 g/mol. The number of benzene rings is 2. The first kappa shape index (κ1) is 23.6. The molecule has 0 bridgehead atoms. The largest absolute Gasteiger partial charge is 0.497 e. The Morgan fingerprint density at radius 3 is 2.53 bits per heavy atom. The topological polar surface area (TPSA) is 82.2 Å². The van der Waals surface area contributed by atoms with Crippen LogP contribution in [0.4, 0.5) is 5.69 Å². The van der Waals surface area contributed by atoms with Gasteiger partial charge in [-0.1, -0.05) is 37.7 Å². The Morgan fingerprint density at radius 2 is 1.88 bits per heavy atom. The summed E-state index contributed by atoms with van der Waals surface area (Å²) in [5, 5.41) is 12.4. The number of methoxy groups -OCH3 is 1. The van der Waals surface area contributed by atoms with Crippen LogP contribution in [-0.4, -0.2) is 33.5 Å². The zero-order valence-corrected chi connectivity index (χ0v) is 20.3. The Morgan fingerprint density at radius 1 is 1.12 bits per heavy atom. The fourth-order valence-electron chi connectivity index (χ4n) is 3.51. The number of nitrogens with zero attached hydrogens (tertiary/aromatic N) is 3. The molecule has 7 nitrogen and oxygen atoms in total. The second-order valence-corrected chi connectivity index (χ2v) is 8.91. The molecule has 0 spiro atoms. The third-order valence-corrected chi connectivity index (χ3v) is 6.63. The van der Waals surface area contributed by atoms with Gasteiger partial charge in [0, 0.05) is 11.3 Å². The molecule has 1 N–H and O–H groups in total. The molecule has 4 aromatic rings. The molecule has 2 heterocycles. The van der Waals surface area contributed by atoms with Crippen LogP contribution in [-0.2, 0) is 11.3 Å². The van der Waals surface area contributed by atoms with Gasteiger partial charge < -0.3 is 14.5 Å². The van der Waals surface area contributed by atoms with Gasteiger partial charge in [-0.3, -0.25) is 9.36 Å². The maximum atomic E-state index is 12.6. The first-order valence-electron chi connectivity index (χ1n) is 11.2. The Bertz CT molecular complexity index is 1200. The SMILES string of the molecule is CCC(C)c1ccc(NC(=O)CSc2nnc(-c3ccc(OC)cc3)n2Cc2ccco2)cc1. The Kier molecular flexibility index (Phi) is 7.69. The number of hydrogen-bond donors (Lipinski definition) is 1. The summed E-state index contributed by atoms with van der Waals surface area (Å²) in [4.78, 5) is 12.6. The van der Waals surface area contributed by atoms with E-state index in [9.17, 15) is 4.79 Å². The summed E-state index contributed by atoms with van der Waals surface area (Å²) in [6.45, 7) is 4.83. The molecular formula is C26H28N4O3S. The van der Waals surface area contributed by atoms with Crippen LogP contribution < -0.4 is 10.1 Å². The van der Waals surface area contributed by atoms with E-state index in [1.54, 1.807) is 13.4 Å². The van der Waals surface area contributed by atoms with Gasteiger partial charge in [0.25, 0.3) is 0 Å². The summed E-state index contributed by atoms with van der Waals surface area (Å²) in [6.07, 6.45) is 2.72. The van der Waals surface area contributed by atoms with E-state index in [4.69, 9.17) is 9.15 Å². The summed E-state index contributed by atoms with van der Waals surface area (Å²) >= 11 is 1.34. The molecule has 0 aliphatic carbocycles. The molecular weight excluding hydrogens is 448 g/mol. The third-order valence-electron chi connectivity index (χ3n) is 5.67. The van der Waals surface area contributed by atoms with Crippen LogP contribution in [0, 0.1) is 0 Å². The van der Waals surface area contributed by atoms with E-state index in [1.807, 2.05) is 53.1 Å². The van der Waals surface area contributed by atoms with E-state index >= 15 is 0 Å². The quantitative estimate of drug-likeness (QED) is 0.290. The Labute approximate surface area is 203 Å². The number of hydrogen-bond acceptors (Lipinski definition) is 6. The van der Waals surface area contributed by atoms with Crippen molar-refractivity contribution in [2.75, 3.05) is 18.2 Å². The summed E-state index contributed by atoms with van der Waals surface area (Å²) in [6, 6.07) is 19.4. The maximum absolute atomic E-state index is 12.6. The first-order chi connectivity index (χ1) is 16.6. The van der Waals surface area contributed by atoms with E-state index in [2.05, 4.69) is 41.5 Å². The molecule has 0 radical (unpaired) electrons. The fraction of sp³-hybridized carbons (Fsp3) is 0.269. The number of carbonyl (C=O) groups excluding carboxylic acids is 1. The normalized spacial score (nSPS) is 11.9. The lowest BCUT2D eigenvalue weighted by Gasteiger charge is -2.11. The summed E-state index contributed by atoms with van der Waals surface area (Å²) in [5.74, 6) is 2.86. The number of aromatic nitrogens is 3. The minimum Gasteiger partial charge on any atom is -0.497 e. The van der Waals surface area contributed by atoms with Gasteiger partial charge in [0.05, 0.1) is 25.7 Å². The molecule has 2 aromatic heterocycles. The molecule has 34 heavy (non-hydrogen) atoms. The van der Waals surface area contributed by atoms with Crippen LogP contribution in [0.15, 0.2) is 76.5 Å². The van der Waals surface area contributed by atoms with E-state index in [-0.39, 0.29) is 11.7 Å². The minimum absolute atomic E-state index is 0.0974. The number of thioether (sulfide) groups is 1. The predicted molar refractivity (Wildman–Crippen MR) is 134 cm³/mol. The van der Waals surface area contributed by atoms with Crippen LogP contribution in [0.25, 0.3) is 11.4 Å². The smallest absolute Gasteiger partial charge is 0.234 e. The molecule has 176 valence electrons. The highest BCUT2D eigenvalue weighted by Gasteiger charge is 2.17. The van der Waals surface area contributed by atoms with E-state index in [0.29, 0.717) is 23.4 Å². The van der Waals surface area contributed by atoms with Crippen molar-refractivity contribution in [2.45, 2.75) is 37.9 Å². The van der Waals surface area contributed by atoms with Crippen LogP contribution in [0.5, 0.6) is 5.75 Å². The zero-order valence-electron chi connectivity index (χ0n) is 19.5. The van der Waals surface area contributed by atoms with Crippen molar-refractivity contribution in [3.63, 3.8) is 0 Å². The van der Waals surface area contributed by atoms with Gasteiger partial charge in [-0.15, -0.1) is 10.2 Å². The lowest BCUT2D eigenvalue weighted by atomic mass is 9.99. The maximum Gasteiger partial charge on any atom is 0.234 e. The standard InChI is InChI=1S/C26H28N4O3S/c1-4-18(2)19-7-11-21(12-8-19)27-24(31)17-34-26-29-28-25(20-9-13-22(32-3)14-10-20)30(26)16-23-6-5-15-33-23/h5-15,18H,4,16-17H2,1-3H3,(H,27,31). The Hall–Kier alpha value is -3.52. The van der Waals surface area contributed by atoms with Gasteiger partial charge in [-0.2, -0.15) is 0 Å². The van der Waals surface area contributed by atoms with Crippen molar-refractivity contribution in [3.05, 3.63) is 78.3 Å². The number of rotatable bonds is 10. The summed E-state index contributed by atoms with van der Waals surface area (Å²) in [5.41, 5.74) is 2.96. The van der Waals surface area contributed by atoms with Gasteiger partial charge in [-0.25, -0.2) is 0 Å². The number of amides is 1. The van der Waals surface area contributed by atoms with Crippen molar-refractivity contribution in [1.82, 2.24) is 14.8 Å². The summed E-state index contributed by atoms with van der Waals surface area (Å²) in [7, 11) is 1.63. The predicted octanol–water partition coefficient (Wildman–Crippen LogP) is 5.84. The van der Waals surface area contributed by atoms with Gasteiger partial charge >= 0.3 is 0 Å². The van der Waals surface area contributed by atoms with Crippen LogP contribution in [0.1, 0.15) is 37.5 Å². The van der Waals surface area contributed by atoms with E-state index in [0.717, 1.165) is 29.2 Å². The summed E-state index contributed by atoms with van der Waals surface area (Å²) < 4.78 is 12.8. The second kappa shape index (κ2) is 11.1. The van der Waals surface area contributed by atoms with Gasteiger partial charge in [0.2, 0.25) is 5.91 Å². The molecule has 1 atom stereocenters. The third kappa shape index (κ3) is 5.69. The second-order valence-electron chi connectivity index (χ2n) is 7.97. The van der Waals surface area contributed by atoms with Crippen molar-refractivity contribution < 1.29 is 13.9 Å². The van der Waals surface area contributed by atoms with Gasteiger partial charge in [0.15, 0.2) is 11.0 Å². The minimum atomic E-state index is -0.0974. The molecule has 4 rings (SSSR count). The van der Waals surface area contributed by atoms with Crippen LogP contribution >= 0.6 is 11.8 Å². The number of ether oxygens (including phenoxy) is 1. The highest BCUT2D eigenvalue weighted by Crippen LogP contribution is 2.27. The molecule has 1 unspecified atom stereocenters.